The molecule has 25 heavy (non-hydrogen) atoms. The fourth-order valence-electron chi connectivity index (χ4n) is 3.07. The number of hydrogen-bond acceptors (Lipinski definition) is 3. The minimum atomic E-state index is -1.04. The Kier molecular flexibility index (Phi) is 6.67. The van der Waals surface area contributed by atoms with Crippen LogP contribution in [0.15, 0.2) is 18.2 Å². The molecule has 0 saturated carbocycles. The minimum absolute atomic E-state index is 0.185. The fraction of sp³-hybridized carbons (Fsp3) is 0.471. The van der Waals surface area contributed by atoms with Crippen molar-refractivity contribution < 1.29 is 19.5 Å². The summed E-state index contributed by atoms with van der Waals surface area (Å²) in [5, 5.41) is 9.75. The zero-order valence-electron chi connectivity index (χ0n) is 13.9. The van der Waals surface area contributed by atoms with Gasteiger partial charge < -0.3 is 14.9 Å². The van der Waals surface area contributed by atoms with Crippen LogP contribution in [-0.4, -0.2) is 58.4 Å². The number of rotatable bonds is 4. The van der Waals surface area contributed by atoms with Gasteiger partial charge in [-0.1, -0.05) is 23.2 Å². The van der Waals surface area contributed by atoms with Gasteiger partial charge >= 0.3 is 5.97 Å². The van der Waals surface area contributed by atoms with Crippen molar-refractivity contribution in [2.24, 2.45) is 0 Å². The van der Waals surface area contributed by atoms with Gasteiger partial charge in [0.25, 0.3) is 5.91 Å². The first kappa shape index (κ1) is 19.5. The largest absolute Gasteiger partial charge is 0.480 e. The molecule has 136 valence electrons. The molecule has 2 amide bonds. The number of likely N-dealkylation sites (tertiary alicyclic amines) is 1. The van der Waals surface area contributed by atoms with Crippen molar-refractivity contribution in [3.8, 4) is 0 Å². The Balaban J connectivity index is 2.08. The van der Waals surface area contributed by atoms with Crippen LogP contribution in [0.3, 0.4) is 0 Å². The molecule has 8 heteroatoms. The minimum Gasteiger partial charge on any atom is -0.480 e. The van der Waals surface area contributed by atoms with Crippen LogP contribution in [0.4, 0.5) is 0 Å². The second-order valence-corrected chi connectivity index (χ2v) is 6.89. The molecule has 0 spiro atoms. The van der Waals surface area contributed by atoms with Crippen molar-refractivity contribution in [1.82, 2.24) is 9.80 Å². The molecule has 1 N–H and O–H groups in total. The zero-order chi connectivity index (χ0) is 18.6. The SMILES string of the molecule is CC(=O)N(CC(=O)O)C1CCCN(C(=O)c2ccc(Cl)cc2Cl)CC1. The number of carboxylic acids is 1. The summed E-state index contributed by atoms with van der Waals surface area (Å²) < 4.78 is 0. The first-order valence-corrected chi connectivity index (χ1v) is 8.78. The standard InChI is InChI=1S/C17H20Cl2N2O4/c1-11(22)21(10-16(23)24)13-3-2-7-20(8-6-13)17(25)14-5-4-12(18)9-15(14)19/h4-5,9,13H,2-3,6-8,10H2,1H3,(H,23,24). The molecule has 6 nitrogen and oxygen atoms in total. The molecule has 1 atom stereocenters. The molecule has 1 heterocycles. The van der Waals surface area contributed by atoms with Gasteiger partial charge in [-0.05, 0) is 37.5 Å². The average Bonchev–Trinajstić information content (AvgIpc) is 2.77. The molecule has 1 aromatic rings. The topological polar surface area (TPSA) is 77.9 Å². The maximum absolute atomic E-state index is 12.7. The Morgan fingerprint density at radius 2 is 1.96 bits per heavy atom. The van der Waals surface area contributed by atoms with E-state index in [0.29, 0.717) is 48.0 Å². The van der Waals surface area contributed by atoms with Crippen molar-refractivity contribution in [3.05, 3.63) is 33.8 Å². The van der Waals surface area contributed by atoms with E-state index < -0.39 is 5.97 Å². The summed E-state index contributed by atoms with van der Waals surface area (Å²) >= 11 is 12.0. The van der Waals surface area contributed by atoms with Gasteiger partial charge in [0.1, 0.15) is 6.54 Å². The highest BCUT2D eigenvalue weighted by Gasteiger charge is 2.28. The number of amides is 2. The average molecular weight is 387 g/mol. The third kappa shape index (κ3) is 5.09. The van der Waals surface area contributed by atoms with Crippen molar-refractivity contribution in [2.75, 3.05) is 19.6 Å². The van der Waals surface area contributed by atoms with Gasteiger partial charge in [0.15, 0.2) is 0 Å². The number of carbonyl (C=O) groups excluding carboxylic acids is 2. The van der Waals surface area contributed by atoms with Crippen LogP contribution in [0.5, 0.6) is 0 Å². The maximum atomic E-state index is 12.7. The van der Waals surface area contributed by atoms with Crippen LogP contribution >= 0.6 is 23.2 Å². The monoisotopic (exact) mass is 386 g/mol. The van der Waals surface area contributed by atoms with Gasteiger partial charge in [0, 0.05) is 31.1 Å². The quantitative estimate of drug-likeness (QED) is 0.862. The molecule has 0 bridgehead atoms. The van der Waals surface area contributed by atoms with Crippen LogP contribution < -0.4 is 0 Å². The van der Waals surface area contributed by atoms with E-state index in [-0.39, 0.29) is 24.4 Å². The summed E-state index contributed by atoms with van der Waals surface area (Å²) in [6.45, 7) is 2.01. The molecular formula is C17H20Cl2N2O4. The predicted molar refractivity (Wildman–Crippen MR) is 95.0 cm³/mol. The number of hydrogen-bond donors (Lipinski definition) is 1. The van der Waals surface area contributed by atoms with Crippen LogP contribution in [-0.2, 0) is 9.59 Å². The van der Waals surface area contributed by atoms with Gasteiger partial charge in [0.05, 0.1) is 10.6 Å². The fourth-order valence-corrected chi connectivity index (χ4v) is 3.56. The highest BCUT2D eigenvalue weighted by Crippen LogP contribution is 2.24. The van der Waals surface area contributed by atoms with Gasteiger partial charge in [-0.25, -0.2) is 0 Å². The number of carbonyl (C=O) groups is 3. The van der Waals surface area contributed by atoms with Gasteiger partial charge in [-0.2, -0.15) is 0 Å². The molecule has 1 aromatic carbocycles. The molecule has 1 unspecified atom stereocenters. The Hall–Kier alpha value is -1.79. The zero-order valence-corrected chi connectivity index (χ0v) is 15.4. The molecule has 0 aromatic heterocycles. The highest BCUT2D eigenvalue weighted by molar-refractivity contribution is 6.36. The molecule has 0 aliphatic carbocycles. The molecule has 1 fully saturated rings. The van der Waals surface area contributed by atoms with Crippen molar-refractivity contribution >= 4 is 41.0 Å². The van der Waals surface area contributed by atoms with Gasteiger partial charge in [0.2, 0.25) is 5.91 Å². The van der Waals surface area contributed by atoms with Crippen molar-refractivity contribution in [3.63, 3.8) is 0 Å². The lowest BCUT2D eigenvalue weighted by atomic mass is 10.1. The third-order valence-electron chi connectivity index (χ3n) is 4.30. The van der Waals surface area contributed by atoms with E-state index in [0.717, 1.165) is 0 Å². The maximum Gasteiger partial charge on any atom is 0.323 e. The summed E-state index contributed by atoms with van der Waals surface area (Å²) in [6, 6.07) is 4.56. The second-order valence-electron chi connectivity index (χ2n) is 6.04. The molecule has 2 rings (SSSR count). The number of halogens is 2. The summed E-state index contributed by atoms with van der Waals surface area (Å²) in [5.74, 6) is -1.50. The van der Waals surface area contributed by atoms with Crippen LogP contribution in [0.2, 0.25) is 10.0 Å². The van der Waals surface area contributed by atoms with Crippen LogP contribution in [0.25, 0.3) is 0 Å². The van der Waals surface area contributed by atoms with E-state index >= 15 is 0 Å². The Bertz CT molecular complexity index is 681. The van der Waals surface area contributed by atoms with E-state index in [1.165, 1.54) is 17.9 Å². The van der Waals surface area contributed by atoms with Crippen LogP contribution in [0.1, 0.15) is 36.5 Å². The van der Waals surface area contributed by atoms with E-state index in [1.807, 2.05) is 0 Å². The summed E-state index contributed by atoms with van der Waals surface area (Å²) in [6.07, 6.45) is 1.87. The van der Waals surface area contributed by atoms with Crippen LogP contribution in [0, 0.1) is 0 Å². The summed E-state index contributed by atoms with van der Waals surface area (Å²) in [7, 11) is 0. The smallest absolute Gasteiger partial charge is 0.323 e. The lowest BCUT2D eigenvalue weighted by Gasteiger charge is -2.29. The molecule has 1 aliphatic rings. The lowest BCUT2D eigenvalue weighted by molar-refractivity contribution is -0.145. The van der Waals surface area contributed by atoms with Crippen molar-refractivity contribution in [2.45, 2.75) is 32.2 Å². The molecular weight excluding hydrogens is 367 g/mol. The first-order chi connectivity index (χ1) is 11.8. The number of nitrogens with zero attached hydrogens (tertiary/aromatic N) is 2. The Morgan fingerprint density at radius 3 is 2.56 bits per heavy atom. The number of aliphatic carboxylic acids is 1. The highest BCUT2D eigenvalue weighted by atomic mass is 35.5. The van der Waals surface area contributed by atoms with Crippen molar-refractivity contribution in [1.29, 1.82) is 0 Å². The van der Waals surface area contributed by atoms with Gasteiger partial charge in [-0.3, -0.25) is 14.4 Å². The second kappa shape index (κ2) is 8.54. The number of benzene rings is 1. The Labute approximate surface area is 156 Å². The van der Waals surface area contributed by atoms with E-state index in [4.69, 9.17) is 28.3 Å². The summed E-state index contributed by atoms with van der Waals surface area (Å²) in [5.41, 5.74) is 0.387. The first-order valence-electron chi connectivity index (χ1n) is 8.03. The summed E-state index contributed by atoms with van der Waals surface area (Å²) in [4.78, 5) is 38.5. The van der Waals surface area contributed by atoms with E-state index in [9.17, 15) is 14.4 Å². The molecule has 1 saturated heterocycles. The van der Waals surface area contributed by atoms with Gasteiger partial charge in [-0.15, -0.1) is 0 Å². The number of carboxylic acid groups (broad SMARTS) is 1. The van der Waals surface area contributed by atoms with E-state index in [1.54, 1.807) is 17.0 Å². The third-order valence-corrected chi connectivity index (χ3v) is 4.85. The molecule has 1 aliphatic heterocycles. The Morgan fingerprint density at radius 1 is 1.24 bits per heavy atom. The molecule has 0 radical (unpaired) electrons. The normalized spacial score (nSPS) is 17.7. The predicted octanol–water partition coefficient (Wildman–Crippen LogP) is 2.92. The lowest BCUT2D eigenvalue weighted by Crippen LogP contribution is -2.43. The van der Waals surface area contributed by atoms with E-state index in [2.05, 4.69) is 0 Å².